The summed E-state index contributed by atoms with van der Waals surface area (Å²) < 4.78 is 0. The zero-order chi connectivity index (χ0) is 17.1. The molecule has 0 amide bonds. The van der Waals surface area contributed by atoms with Gasteiger partial charge in [-0.1, -0.05) is 58.0 Å². The number of aliphatic carboxylic acids is 2. The minimum Gasteiger partial charge on any atom is -0.481 e. The van der Waals surface area contributed by atoms with Gasteiger partial charge in [0.2, 0.25) is 0 Å². The van der Waals surface area contributed by atoms with Crippen molar-refractivity contribution in [2.45, 2.75) is 39.7 Å². The van der Waals surface area contributed by atoms with Crippen LogP contribution in [0.25, 0.3) is 0 Å². The van der Waals surface area contributed by atoms with Crippen LogP contribution in [-0.4, -0.2) is 32.9 Å². The predicted octanol–water partition coefficient (Wildman–Crippen LogP) is 2.43. The van der Waals surface area contributed by atoms with Gasteiger partial charge in [-0.2, -0.15) is 0 Å². The fourth-order valence-corrected chi connectivity index (χ4v) is 3.14. The summed E-state index contributed by atoms with van der Waals surface area (Å²) in [5.41, 5.74) is -3.52. The van der Waals surface area contributed by atoms with E-state index in [1.165, 1.54) is 13.8 Å². The number of carboxylic acids is 2. The van der Waals surface area contributed by atoms with Crippen molar-refractivity contribution in [1.29, 1.82) is 0 Å². The lowest BCUT2D eigenvalue weighted by molar-refractivity contribution is -0.204. The average Bonchev–Trinajstić information content (AvgIpc) is 2.43. The Labute approximate surface area is 130 Å². The Morgan fingerprint density at radius 2 is 1.45 bits per heavy atom. The minimum atomic E-state index is -2.37. The summed E-state index contributed by atoms with van der Waals surface area (Å²) in [6.45, 7) is 6.32. The monoisotopic (exact) mass is 308 g/mol. The molecule has 0 aliphatic carbocycles. The van der Waals surface area contributed by atoms with E-state index in [1.807, 2.05) is 0 Å². The minimum absolute atomic E-state index is 0.0537. The van der Waals surface area contributed by atoms with Gasteiger partial charge in [-0.15, -0.1) is 0 Å². The summed E-state index contributed by atoms with van der Waals surface area (Å²) in [6.07, 6.45) is -0.0537. The van der Waals surface area contributed by atoms with Gasteiger partial charge in [-0.3, -0.25) is 4.79 Å². The molecule has 3 N–H and O–H groups in total. The molecule has 0 aliphatic heterocycles. The summed E-state index contributed by atoms with van der Waals surface area (Å²) in [4.78, 5) is 23.9. The fraction of sp³-hybridized carbons (Fsp3) is 0.529. The van der Waals surface area contributed by atoms with E-state index < -0.39 is 34.8 Å². The highest BCUT2D eigenvalue weighted by molar-refractivity contribution is 5.89. The standard InChI is InChI=1S/C17H24O5/c1-11(2)16(14(18)19,10-13-8-6-5-7-9-13)17(22,12(3)4)15(20)21/h5-9,11-12,22H,10H2,1-4H3,(H,18,19)(H,20,21)/t16-,17+/m0/s1. The van der Waals surface area contributed by atoms with E-state index in [-0.39, 0.29) is 6.42 Å². The van der Waals surface area contributed by atoms with Crippen LogP contribution in [-0.2, 0) is 16.0 Å². The lowest BCUT2D eigenvalue weighted by Crippen LogP contribution is -2.64. The van der Waals surface area contributed by atoms with E-state index in [0.29, 0.717) is 5.56 Å². The van der Waals surface area contributed by atoms with Crippen LogP contribution in [0.3, 0.4) is 0 Å². The van der Waals surface area contributed by atoms with Crippen LogP contribution < -0.4 is 0 Å². The fourth-order valence-electron chi connectivity index (χ4n) is 3.14. The Morgan fingerprint density at radius 1 is 0.955 bits per heavy atom. The summed E-state index contributed by atoms with van der Waals surface area (Å²) >= 11 is 0. The second kappa shape index (κ2) is 6.48. The number of carboxylic acid groups (broad SMARTS) is 2. The average molecular weight is 308 g/mol. The molecular formula is C17H24O5. The largest absolute Gasteiger partial charge is 0.481 e. The zero-order valence-corrected chi connectivity index (χ0v) is 13.4. The van der Waals surface area contributed by atoms with Gasteiger partial charge in [0.1, 0.15) is 5.41 Å². The Balaban J connectivity index is 3.58. The van der Waals surface area contributed by atoms with Gasteiger partial charge in [-0.25, -0.2) is 4.79 Å². The molecule has 0 heterocycles. The molecule has 0 fully saturated rings. The van der Waals surface area contributed by atoms with Gasteiger partial charge in [0.15, 0.2) is 5.60 Å². The van der Waals surface area contributed by atoms with E-state index >= 15 is 0 Å². The molecule has 1 aromatic rings. The maximum atomic E-state index is 12.1. The van der Waals surface area contributed by atoms with Crippen LogP contribution in [0.1, 0.15) is 33.3 Å². The van der Waals surface area contributed by atoms with E-state index in [0.717, 1.165) is 0 Å². The first kappa shape index (κ1) is 18.2. The number of carbonyl (C=O) groups is 2. The lowest BCUT2D eigenvalue weighted by Gasteiger charge is -2.46. The summed E-state index contributed by atoms with van der Waals surface area (Å²) in [5, 5.41) is 30.4. The van der Waals surface area contributed by atoms with Crippen LogP contribution in [0.15, 0.2) is 30.3 Å². The highest BCUT2D eigenvalue weighted by atomic mass is 16.4. The first-order chi connectivity index (χ1) is 10.1. The van der Waals surface area contributed by atoms with Gasteiger partial charge < -0.3 is 15.3 Å². The van der Waals surface area contributed by atoms with Crippen molar-refractivity contribution in [3.05, 3.63) is 35.9 Å². The Kier molecular flexibility index (Phi) is 5.35. The van der Waals surface area contributed by atoms with Crippen LogP contribution in [0, 0.1) is 17.3 Å². The SMILES string of the molecule is CC(C)[C@@](O)(C(=O)O)[C@](Cc1ccccc1)(C(=O)O)C(C)C. The molecule has 0 saturated carbocycles. The molecule has 5 nitrogen and oxygen atoms in total. The van der Waals surface area contributed by atoms with Gasteiger partial charge in [-0.05, 0) is 23.8 Å². The highest BCUT2D eigenvalue weighted by Gasteiger charge is 2.63. The van der Waals surface area contributed by atoms with E-state index in [4.69, 9.17) is 0 Å². The molecule has 0 bridgehead atoms. The maximum absolute atomic E-state index is 12.1. The molecule has 0 saturated heterocycles. The molecule has 0 aromatic heterocycles. The van der Waals surface area contributed by atoms with Crippen LogP contribution in [0.2, 0.25) is 0 Å². The van der Waals surface area contributed by atoms with Crippen LogP contribution in [0.4, 0.5) is 0 Å². The van der Waals surface area contributed by atoms with Crippen molar-refractivity contribution >= 4 is 11.9 Å². The first-order valence-corrected chi connectivity index (χ1v) is 7.33. The third-order valence-electron chi connectivity index (χ3n) is 4.53. The zero-order valence-electron chi connectivity index (χ0n) is 13.4. The molecule has 1 rings (SSSR count). The number of rotatable bonds is 7. The molecule has 5 heteroatoms. The quantitative estimate of drug-likeness (QED) is 0.719. The van der Waals surface area contributed by atoms with Crippen molar-refractivity contribution in [3.63, 3.8) is 0 Å². The Hall–Kier alpha value is -1.88. The highest BCUT2D eigenvalue weighted by Crippen LogP contribution is 2.46. The van der Waals surface area contributed by atoms with Gasteiger partial charge in [0, 0.05) is 0 Å². The number of hydrogen-bond acceptors (Lipinski definition) is 3. The molecule has 0 spiro atoms. The molecule has 0 aliphatic rings. The smallest absolute Gasteiger partial charge is 0.337 e. The third-order valence-corrected chi connectivity index (χ3v) is 4.53. The van der Waals surface area contributed by atoms with Gasteiger partial charge in [0.25, 0.3) is 0 Å². The summed E-state index contributed by atoms with van der Waals surface area (Å²) in [5.74, 6) is -4.14. The number of hydrogen-bond donors (Lipinski definition) is 3. The van der Waals surface area contributed by atoms with Crippen molar-refractivity contribution < 1.29 is 24.9 Å². The van der Waals surface area contributed by atoms with E-state index in [9.17, 15) is 24.9 Å². The normalized spacial score (nSPS) is 17.0. The third kappa shape index (κ3) is 2.73. The van der Waals surface area contributed by atoms with E-state index in [1.54, 1.807) is 44.2 Å². The van der Waals surface area contributed by atoms with Crippen molar-refractivity contribution in [2.24, 2.45) is 17.3 Å². The molecule has 0 radical (unpaired) electrons. The molecular weight excluding hydrogens is 284 g/mol. The van der Waals surface area contributed by atoms with E-state index in [2.05, 4.69) is 0 Å². The van der Waals surface area contributed by atoms with Crippen LogP contribution >= 0.6 is 0 Å². The molecule has 2 atom stereocenters. The lowest BCUT2D eigenvalue weighted by atomic mass is 9.58. The molecule has 1 aromatic carbocycles. The number of benzene rings is 1. The second-order valence-corrected chi connectivity index (χ2v) is 6.32. The topological polar surface area (TPSA) is 94.8 Å². The second-order valence-electron chi connectivity index (χ2n) is 6.32. The summed E-state index contributed by atoms with van der Waals surface area (Å²) in [6, 6.07) is 8.80. The van der Waals surface area contributed by atoms with Crippen molar-refractivity contribution in [2.75, 3.05) is 0 Å². The van der Waals surface area contributed by atoms with Crippen molar-refractivity contribution in [1.82, 2.24) is 0 Å². The Morgan fingerprint density at radius 3 is 1.77 bits per heavy atom. The predicted molar refractivity (Wildman–Crippen MR) is 82.5 cm³/mol. The molecule has 22 heavy (non-hydrogen) atoms. The number of aliphatic hydroxyl groups is 1. The van der Waals surface area contributed by atoms with Crippen molar-refractivity contribution in [3.8, 4) is 0 Å². The summed E-state index contributed by atoms with van der Waals surface area (Å²) in [7, 11) is 0. The van der Waals surface area contributed by atoms with Gasteiger partial charge >= 0.3 is 11.9 Å². The van der Waals surface area contributed by atoms with Gasteiger partial charge in [0.05, 0.1) is 0 Å². The molecule has 0 unspecified atom stereocenters. The maximum Gasteiger partial charge on any atom is 0.337 e. The first-order valence-electron chi connectivity index (χ1n) is 7.33. The van der Waals surface area contributed by atoms with Crippen LogP contribution in [0.5, 0.6) is 0 Å². The Bertz CT molecular complexity index is 537. The molecule has 122 valence electrons.